The number of thiophene rings is 1. The van der Waals surface area contributed by atoms with Gasteiger partial charge in [0.2, 0.25) is 0 Å². The molecule has 0 aromatic carbocycles. The number of aromatic nitrogens is 2. The van der Waals surface area contributed by atoms with Gasteiger partial charge >= 0.3 is 0 Å². The molecule has 2 fully saturated rings. The quantitative estimate of drug-likeness (QED) is 0.852. The Labute approximate surface area is 122 Å². The molecule has 5 heteroatoms. The van der Waals surface area contributed by atoms with Crippen molar-refractivity contribution < 1.29 is 4.74 Å². The zero-order valence-corrected chi connectivity index (χ0v) is 12.8. The number of anilines is 1. The monoisotopic (exact) mass is 289 g/mol. The molecule has 4 nitrogen and oxygen atoms in total. The highest BCUT2D eigenvalue weighted by Crippen LogP contribution is 2.42. The van der Waals surface area contributed by atoms with Crippen LogP contribution in [0.2, 0.25) is 0 Å². The maximum absolute atomic E-state index is 5.48. The smallest absolute Gasteiger partial charge is 0.141 e. The number of fused-ring (bicyclic) bond motifs is 1. The number of ether oxygens (including phenoxy) is 1. The van der Waals surface area contributed by atoms with Crippen molar-refractivity contribution in [2.75, 3.05) is 31.2 Å². The minimum atomic E-state index is 0.599. The molecule has 106 valence electrons. The fourth-order valence-corrected chi connectivity index (χ4v) is 3.80. The Balaban J connectivity index is 1.90. The van der Waals surface area contributed by atoms with Crippen molar-refractivity contribution in [3.63, 3.8) is 0 Å². The molecule has 2 aromatic heterocycles. The van der Waals surface area contributed by atoms with E-state index in [2.05, 4.69) is 18.7 Å². The van der Waals surface area contributed by atoms with Crippen LogP contribution in [0.4, 0.5) is 5.82 Å². The summed E-state index contributed by atoms with van der Waals surface area (Å²) in [6, 6.07) is 0. The van der Waals surface area contributed by atoms with E-state index in [1.807, 2.05) is 11.3 Å². The van der Waals surface area contributed by atoms with Crippen molar-refractivity contribution in [3.8, 4) is 0 Å². The highest BCUT2D eigenvalue weighted by atomic mass is 32.1. The number of hydrogen-bond acceptors (Lipinski definition) is 5. The van der Waals surface area contributed by atoms with Crippen LogP contribution in [0.1, 0.15) is 35.0 Å². The van der Waals surface area contributed by atoms with E-state index in [0.29, 0.717) is 5.92 Å². The normalized spacial score (nSPS) is 19.8. The van der Waals surface area contributed by atoms with Gasteiger partial charge in [0, 0.05) is 23.9 Å². The van der Waals surface area contributed by atoms with Gasteiger partial charge < -0.3 is 9.64 Å². The number of hydrogen-bond donors (Lipinski definition) is 0. The summed E-state index contributed by atoms with van der Waals surface area (Å²) in [6.07, 6.45) is 2.49. The van der Waals surface area contributed by atoms with Crippen LogP contribution in [0.25, 0.3) is 10.2 Å². The molecular weight excluding hydrogens is 270 g/mol. The van der Waals surface area contributed by atoms with Crippen LogP contribution in [0.5, 0.6) is 0 Å². The second-order valence-electron chi connectivity index (χ2n) is 5.74. The zero-order chi connectivity index (χ0) is 13.7. The van der Waals surface area contributed by atoms with E-state index in [-0.39, 0.29) is 0 Å². The van der Waals surface area contributed by atoms with Crippen molar-refractivity contribution in [1.29, 1.82) is 0 Å². The van der Waals surface area contributed by atoms with Crippen LogP contribution in [0.3, 0.4) is 0 Å². The molecule has 0 amide bonds. The molecule has 0 unspecified atom stereocenters. The van der Waals surface area contributed by atoms with Crippen molar-refractivity contribution in [1.82, 2.24) is 9.97 Å². The van der Waals surface area contributed by atoms with Crippen LogP contribution in [-0.4, -0.2) is 36.3 Å². The molecule has 1 saturated carbocycles. The topological polar surface area (TPSA) is 38.2 Å². The molecule has 0 bridgehead atoms. The van der Waals surface area contributed by atoms with Crippen molar-refractivity contribution >= 4 is 27.4 Å². The number of nitrogens with zero attached hydrogens (tertiary/aromatic N) is 3. The van der Waals surface area contributed by atoms with E-state index >= 15 is 0 Å². The summed E-state index contributed by atoms with van der Waals surface area (Å²) >= 11 is 1.81. The van der Waals surface area contributed by atoms with Gasteiger partial charge in [0.15, 0.2) is 0 Å². The first kappa shape index (κ1) is 12.5. The van der Waals surface area contributed by atoms with Gasteiger partial charge in [-0.2, -0.15) is 0 Å². The van der Waals surface area contributed by atoms with E-state index in [4.69, 9.17) is 14.7 Å². The predicted molar refractivity (Wildman–Crippen MR) is 81.9 cm³/mol. The Kier molecular flexibility index (Phi) is 2.93. The molecule has 1 saturated heterocycles. The van der Waals surface area contributed by atoms with E-state index in [1.54, 1.807) is 0 Å². The zero-order valence-electron chi connectivity index (χ0n) is 12.0. The fraction of sp³-hybridized carbons (Fsp3) is 0.600. The summed E-state index contributed by atoms with van der Waals surface area (Å²) < 4.78 is 5.48. The lowest BCUT2D eigenvalue weighted by molar-refractivity contribution is 0.122. The molecule has 0 spiro atoms. The van der Waals surface area contributed by atoms with Gasteiger partial charge in [-0.05, 0) is 32.3 Å². The minimum Gasteiger partial charge on any atom is -0.378 e. The Morgan fingerprint density at radius 3 is 2.60 bits per heavy atom. The summed E-state index contributed by atoms with van der Waals surface area (Å²) in [7, 11) is 0. The standard InChI is InChI=1S/C15H19N3OS/c1-9-10(2)20-15-12(9)14(18-5-7-19-8-6-18)16-13(17-15)11-3-4-11/h11H,3-8H2,1-2H3. The van der Waals surface area contributed by atoms with Gasteiger partial charge in [0.05, 0.1) is 18.6 Å². The first-order valence-corrected chi connectivity index (χ1v) is 8.16. The van der Waals surface area contributed by atoms with E-state index in [9.17, 15) is 0 Å². The number of rotatable bonds is 2. The van der Waals surface area contributed by atoms with Gasteiger partial charge in [-0.25, -0.2) is 9.97 Å². The maximum Gasteiger partial charge on any atom is 0.141 e. The second kappa shape index (κ2) is 4.67. The van der Waals surface area contributed by atoms with Gasteiger partial charge in [-0.1, -0.05) is 0 Å². The predicted octanol–water partition coefficient (Wildman–Crippen LogP) is 3.02. The lowest BCUT2D eigenvalue weighted by Crippen LogP contribution is -2.37. The largest absolute Gasteiger partial charge is 0.378 e. The van der Waals surface area contributed by atoms with Crippen LogP contribution in [-0.2, 0) is 4.74 Å². The van der Waals surface area contributed by atoms with Gasteiger partial charge in [0.1, 0.15) is 16.5 Å². The third kappa shape index (κ3) is 2.00. The lowest BCUT2D eigenvalue weighted by atomic mass is 10.2. The molecule has 3 heterocycles. The van der Waals surface area contributed by atoms with Crippen molar-refractivity contribution in [2.24, 2.45) is 0 Å². The molecular formula is C15H19N3OS. The Morgan fingerprint density at radius 1 is 1.15 bits per heavy atom. The first-order chi connectivity index (χ1) is 9.74. The van der Waals surface area contributed by atoms with Crippen LogP contribution in [0.15, 0.2) is 0 Å². The molecule has 2 aromatic rings. The number of aryl methyl sites for hydroxylation is 2. The van der Waals surface area contributed by atoms with E-state index < -0.39 is 0 Å². The highest BCUT2D eigenvalue weighted by Gasteiger charge is 2.29. The van der Waals surface area contributed by atoms with Crippen LogP contribution >= 0.6 is 11.3 Å². The Hall–Kier alpha value is -1.20. The average Bonchev–Trinajstić information content (AvgIpc) is 3.27. The minimum absolute atomic E-state index is 0.599. The van der Waals surface area contributed by atoms with Crippen molar-refractivity contribution in [2.45, 2.75) is 32.6 Å². The fourth-order valence-electron chi connectivity index (χ4n) is 2.77. The summed E-state index contributed by atoms with van der Waals surface area (Å²) in [5.41, 5.74) is 1.34. The van der Waals surface area contributed by atoms with Crippen LogP contribution < -0.4 is 4.90 Å². The van der Waals surface area contributed by atoms with Crippen molar-refractivity contribution in [3.05, 3.63) is 16.3 Å². The van der Waals surface area contributed by atoms with E-state index in [0.717, 1.165) is 37.9 Å². The van der Waals surface area contributed by atoms with Gasteiger partial charge in [-0.3, -0.25) is 0 Å². The molecule has 4 rings (SSSR count). The third-order valence-electron chi connectivity index (χ3n) is 4.28. The highest BCUT2D eigenvalue weighted by molar-refractivity contribution is 7.18. The third-order valence-corrected chi connectivity index (χ3v) is 5.38. The second-order valence-corrected chi connectivity index (χ2v) is 6.95. The summed E-state index contributed by atoms with van der Waals surface area (Å²) in [5.74, 6) is 2.80. The lowest BCUT2D eigenvalue weighted by Gasteiger charge is -2.28. The summed E-state index contributed by atoms with van der Waals surface area (Å²) in [4.78, 5) is 14.6. The average molecular weight is 289 g/mol. The Bertz CT molecular complexity index is 657. The summed E-state index contributed by atoms with van der Waals surface area (Å²) in [6.45, 7) is 7.84. The molecule has 1 aliphatic heterocycles. The maximum atomic E-state index is 5.48. The SMILES string of the molecule is Cc1sc2nc(C3CC3)nc(N3CCOCC3)c2c1C. The molecule has 0 N–H and O–H groups in total. The van der Waals surface area contributed by atoms with E-state index in [1.165, 1.54) is 33.5 Å². The molecule has 2 aliphatic rings. The molecule has 1 aliphatic carbocycles. The molecule has 20 heavy (non-hydrogen) atoms. The Morgan fingerprint density at radius 2 is 1.90 bits per heavy atom. The summed E-state index contributed by atoms with van der Waals surface area (Å²) in [5, 5.41) is 1.26. The molecule has 0 radical (unpaired) electrons. The molecule has 0 atom stereocenters. The van der Waals surface area contributed by atoms with Gasteiger partial charge in [0.25, 0.3) is 0 Å². The van der Waals surface area contributed by atoms with Gasteiger partial charge in [-0.15, -0.1) is 11.3 Å². The van der Waals surface area contributed by atoms with Crippen LogP contribution in [0, 0.1) is 13.8 Å². The first-order valence-electron chi connectivity index (χ1n) is 7.34. The number of morpholine rings is 1.